The summed E-state index contributed by atoms with van der Waals surface area (Å²) in [5, 5.41) is 7.19. The van der Waals surface area contributed by atoms with E-state index in [2.05, 4.69) is 46.0 Å². The molecule has 1 aromatic rings. The SMILES string of the molecule is CN(C)C(=O)CN=C(NC1CCCC1)NC1CCC(c2ccccc2)CC1.I. The van der Waals surface area contributed by atoms with Gasteiger partial charge in [0, 0.05) is 26.2 Å². The zero-order chi connectivity index (χ0) is 19.1. The van der Waals surface area contributed by atoms with Gasteiger partial charge in [0.05, 0.1) is 0 Å². The molecule has 0 aliphatic heterocycles. The minimum Gasteiger partial charge on any atom is -0.354 e. The van der Waals surface area contributed by atoms with Crippen LogP contribution in [0.3, 0.4) is 0 Å². The maximum Gasteiger partial charge on any atom is 0.243 e. The molecule has 2 N–H and O–H groups in total. The first-order valence-electron chi connectivity index (χ1n) is 10.4. The first-order chi connectivity index (χ1) is 13.1. The van der Waals surface area contributed by atoms with Crippen molar-refractivity contribution in [2.75, 3.05) is 20.6 Å². The number of hydrogen-bond acceptors (Lipinski definition) is 2. The maximum absolute atomic E-state index is 11.9. The van der Waals surface area contributed by atoms with Crippen molar-refractivity contribution in [1.29, 1.82) is 0 Å². The van der Waals surface area contributed by atoms with Gasteiger partial charge >= 0.3 is 0 Å². The van der Waals surface area contributed by atoms with Gasteiger partial charge in [0.25, 0.3) is 0 Å². The summed E-state index contributed by atoms with van der Waals surface area (Å²) in [6.07, 6.45) is 9.66. The van der Waals surface area contributed by atoms with Crippen molar-refractivity contribution in [1.82, 2.24) is 15.5 Å². The monoisotopic (exact) mass is 498 g/mol. The third-order valence-electron chi connectivity index (χ3n) is 5.91. The molecule has 0 unspecified atom stereocenters. The number of nitrogens with zero attached hydrogens (tertiary/aromatic N) is 2. The van der Waals surface area contributed by atoms with Gasteiger partial charge in [-0.15, -0.1) is 24.0 Å². The van der Waals surface area contributed by atoms with Crippen molar-refractivity contribution in [2.45, 2.75) is 69.4 Å². The number of amides is 1. The lowest BCUT2D eigenvalue weighted by Gasteiger charge is -2.31. The van der Waals surface area contributed by atoms with E-state index in [1.54, 1.807) is 19.0 Å². The second-order valence-electron chi connectivity index (χ2n) is 8.18. The number of rotatable bonds is 5. The van der Waals surface area contributed by atoms with E-state index >= 15 is 0 Å². The fourth-order valence-electron chi connectivity index (χ4n) is 4.17. The number of hydrogen-bond donors (Lipinski definition) is 2. The molecule has 0 saturated heterocycles. The van der Waals surface area contributed by atoms with Gasteiger partial charge in [-0.05, 0) is 50.0 Å². The van der Waals surface area contributed by atoms with Crippen LogP contribution in [-0.4, -0.2) is 49.5 Å². The van der Waals surface area contributed by atoms with E-state index in [0.29, 0.717) is 18.0 Å². The molecular weight excluding hydrogens is 463 g/mol. The summed E-state index contributed by atoms with van der Waals surface area (Å²) in [5.74, 6) is 1.53. The second kappa shape index (κ2) is 11.6. The zero-order valence-corrected chi connectivity index (χ0v) is 19.5. The Balaban J connectivity index is 0.00000280. The number of carbonyl (C=O) groups is 1. The molecule has 5 nitrogen and oxygen atoms in total. The van der Waals surface area contributed by atoms with Crippen molar-refractivity contribution in [3.8, 4) is 0 Å². The number of guanidine groups is 1. The highest BCUT2D eigenvalue weighted by molar-refractivity contribution is 14.0. The Morgan fingerprint density at radius 3 is 2.11 bits per heavy atom. The van der Waals surface area contributed by atoms with Crippen molar-refractivity contribution < 1.29 is 4.79 Å². The van der Waals surface area contributed by atoms with Crippen molar-refractivity contribution in [2.24, 2.45) is 4.99 Å². The Morgan fingerprint density at radius 2 is 1.54 bits per heavy atom. The van der Waals surface area contributed by atoms with Crippen LogP contribution in [0.4, 0.5) is 0 Å². The van der Waals surface area contributed by atoms with Gasteiger partial charge in [-0.2, -0.15) is 0 Å². The minimum absolute atomic E-state index is 0. The van der Waals surface area contributed by atoms with Gasteiger partial charge in [-0.1, -0.05) is 43.2 Å². The van der Waals surface area contributed by atoms with Crippen LogP contribution in [0.1, 0.15) is 62.8 Å². The number of nitrogens with one attached hydrogen (secondary N) is 2. The summed E-state index contributed by atoms with van der Waals surface area (Å²) >= 11 is 0. The molecule has 0 aromatic heterocycles. The van der Waals surface area contributed by atoms with Crippen molar-refractivity contribution in [3.05, 3.63) is 35.9 Å². The highest BCUT2D eigenvalue weighted by atomic mass is 127. The van der Waals surface area contributed by atoms with Crippen LogP contribution in [0.15, 0.2) is 35.3 Å². The van der Waals surface area contributed by atoms with Gasteiger partial charge < -0.3 is 15.5 Å². The summed E-state index contributed by atoms with van der Waals surface area (Å²) in [7, 11) is 3.56. The maximum atomic E-state index is 11.9. The van der Waals surface area contributed by atoms with Gasteiger partial charge in [0.15, 0.2) is 5.96 Å². The molecule has 1 aromatic carbocycles. The standard InChI is InChI=1S/C22H34N4O.HI/c1-26(2)21(27)16-23-22(24-19-10-6-7-11-19)25-20-14-12-18(13-15-20)17-8-4-3-5-9-17;/h3-5,8-9,18-20H,6-7,10-16H2,1-2H3,(H2,23,24,25);1H. The van der Waals surface area contributed by atoms with Crippen molar-refractivity contribution >= 4 is 35.8 Å². The topological polar surface area (TPSA) is 56.7 Å². The van der Waals surface area contributed by atoms with Crippen LogP contribution in [0.5, 0.6) is 0 Å². The fraction of sp³-hybridized carbons (Fsp3) is 0.636. The number of likely N-dealkylation sites (N-methyl/N-ethyl adjacent to an activating group) is 1. The molecular formula is C22H35IN4O. The third-order valence-corrected chi connectivity index (χ3v) is 5.91. The average Bonchev–Trinajstić information content (AvgIpc) is 3.20. The van der Waals surface area contributed by atoms with E-state index < -0.39 is 0 Å². The molecule has 0 heterocycles. The van der Waals surface area contributed by atoms with Crippen LogP contribution in [0, 0.1) is 0 Å². The molecule has 0 atom stereocenters. The molecule has 0 radical (unpaired) electrons. The molecule has 6 heteroatoms. The Kier molecular flexibility index (Phi) is 9.55. The van der Waals surface area contributed by atoms with Crippen LogP contribution < -0.4 is 10.6 Å². The quantitative estimate of drug-likeness (QED) is 0.368. The van der Waals surface area contributed by atoms with E-state index in [0.717, 1.165) is 18.8 Å². The van der Waals surface area contributed by atoms with E-state index in [1.807, 2.05) is 0 Å². The Bertz CT molecular complexity index is 621. The lowest BCUT2D eigenvalue weighted by atomic mass is 9.82. The summed E-state index contributed by atoms with van der Waals surface area (Å²) in [6, 6.07) is 11.8. The summed E-state index contributed by atoms with van der Waals surface area (Å²) in [6.45, 7) is 0.203. The average molecular weight is 498 g/mol. The first kappa shape index (κ1) is 23.0. The second-order valence-corrected chi connectivity index (χ2v) is 8.18. The van der Waals surface area contributed by atoms with Gasteiger partial charge in [-0.3, -0.25) is 4.79 Å². The number of halogens is 1. The predicted octanol–water partition coefficient (Wildman–Crippen LogP) is 3.90. The number of carbonyl (C=O) groups excluding carboxylic acids is 1. The number of aliphatic imine (C=N–C) groups is 1. The molecule has 2 aliphatic rings. The zero-order valence-electron chi connectivity index (χ0n) is 17.2. The van der Waals surface area contributed by atoms with E-state index in [1.165, 1.54) is 44.1 Å². The Morgan fingerprint density at radius 1 is 0.964 bits per heavy atom. The molecule has 1 amide bonds. The highest BCUT2D eigenvalue weighted by Gasteiger charge is 2.24. The molecule has 2 saturated carbocycles. The first-order valence-corrected chi connectivity index (χ1v) is 10.4. The third kappa shape index (κ3) is 6.94. The van der Waals surface area contributed by atoms with Gasteiger partial charge in [0.2, 0.25) is 5.91 Å². The summed E-state index contributed by atoms with van der Waals surface area (Å²) in [4.78, 5) is 18.1. The molecule has 156 valence electrons. The Labute approximate surface area is 186 Å². The lowest BCUT2D eigenvalue weighted by molar-refractivity contribution is -0.127. The Hall–Kier alpha value is -1.31. The minimum atomic E-state index is 0. The molecule has 2 aliphatic carbocycles. The van der Waals surface area contributed by atoms with Crippen molar-refractivity contribution in [3.63, 3.8) is 0 Å². The normalized spacial score (nSPS) is 23.0. The smallest absolute Gasteiger partial charge is 0.243 e. The van der Waals surface area contributed by atoms with Crippen LogP contribution in [0.25, 0.3) is 0 Å². The van der Waals surface area contributed by atoms with E-state index in [-0.39, 0.29) is 36.4 Å². The molecule has 28 heavy (non-hydrogen) atoms. The van der Waals surface area contributed by atoms with Gasteiger partial charge in [-0.25, -0.2) is 4.99 Å². The molecule has 0 bridgehead atoms. The lowest BCUT2D eigenvalue weighted by Crippen LogP contribution is -2.48. The summed E-state index contributed by atoms with van der Waals surface area (Å²) in [5.41, 5.74) is 1.46. The van der Waals surface area contributed by atoms with E-state index in [9.17, 15) is 4.79 Å². The van der Waals surface area contributed by atoms with Gasteiger partial charge in [0.1, 0.15) is 6.54 Å². The largest absolute Gasteiger partial charge is 0.354 e. The summed E-state index contributed by atoms with van der Waals surface area (Å²) < 4.78 is 0. The van der Waals surface area contributed by atoms with Crippen LogP contribution >= 0.6 is 24.0 Å². The predicted molar refractivity (Wildman–Crippen MR) is 126 cm³/mol. The molecule has 0 spiro atoms. The van der Waals surface area contributed by atoms with Crippen LogP contribution in [-0.2, 0) is 4.79 Å². The van der Waals surface area contributed by atoms with Crippen LogP contribution in [0.2, 0.25) is 0 Å². The molecule has 2 fully saturated rings. The molecule has 3 rings (SSSR count). The fourth-order valence-corrected chi connectivity index (χ4v) is 4.17. The highest BCUT2D eigenvalue weighted by Crippen LogP contribution is 2.32. The number of benzene rings is 1. The van der Waals surface area contributed by atoms with E-state index in [4.69, 9.17) is 0 Å².